The molecule has 0 saturated carbocycles. The molecule has 1 amide bonds. The number of carbonyl (C=O) groups is 2. The molecule has 60 heavy (non-hydrogen) atoms. The lowest BCUT2D eigenvalue weighted by Gasteiger charge is -2.27. The average molecular weight is 860 g/mol. The summed E-state index contributed by atoms with van der Waals surface area (Å²) in [6.45, 7) is 13.4. The minimum atomic E-state index is -4.15. The summed E-state index contributed by atoms with van der Waals surface area (Å²) in [6.07, 6.45) is 12.8. The summed E-state index contributed by atoms with van der Waals surface area (Å²) in [6, 6.07) is 19.5. The Labute approximate surface area is 355 Å². The van der Waals surface area contributed by atoms with Crippen molar-refractivity contribution in [3.05, 3.63) is 119 Å². The molecule has 0 spiro atoms. The number of nitrogens with one attached hydrogen (secondary N) is 1. The number of amides is 1. The molecule has 2 aliphatic heterocycles. The second kappa shape index (κ2) is 19.3. The molecule has 5 rings (SSSR count). The summed E-state index contributed by atoms with van der Waals surface area (Å²) in [5, 5.41) is 2.96. The van der Waals surface area contributed by atoms with E-state index < -0.39 is 31.1 Å². The summed E-state index contributed by atoms with van der Waals surface area (Å²) in [4.78, 5) is 31.9. The van der Waals surface area contributed by atoms with Crippen LogP contribution >= 0.6 is 0 Å². The zero-order chi connectivity index (χ0) is 43.9. The van der Waals surface area contributed by atoms with Gasteiger partial charge in [0.05, 0.1) is 28.2 Å². The number of unbranched alkanes of at least 4 members (excludes halogenated alkanes) is 2. The first-order chi connectivity index (χ1) is 28.2. The van der Waals surface area contributed by atoms with E-state index in [1.54, 1.807) is 18.3 Å². The number of hydrogen-bond acceptors (Lipinski definition) is 8. The fraction of sp³-hybridized carbons (Fsp3) is 0.435. The molecule has 0 aliphatic carbocycles. The first kappa shape index (κ1) is 46.3. The van der Waals surface area contributed by atoms with Crippen LogP contribution < -0.4 is 10.2 Å². The molecule has 3 N–H and O–H groups in total. The number of ketones is 1. The molecule has 2 aliphatic rings. The van der Waals surface area contributed by atoms with Crippen LogP contribution in [0.2, 0.25) is 0 Å². The van der Waals surface area contributed by atoms with Crippen LogP contribution in [-0.2, 0) is 35.9 Å². The highest BCUT2D eigenvalue weighted by atomic mass is 32.2. The molecule has 2 aromatic carbocycles. The minimum Gasteiger partial charge on any atom is -0.352 e. The summed E-state index contributed by atoms with van der Waals surface area (Å²) in [5.41, 5.74) is 6.67. The molecule has 12 nitrogen and oxygen atoms in total. The number of rotatable bonds is 20. The van der Waals surface area contributed by atoms with E-state index in [1.807, 2.05) is 74.5 Å². The average Bonchev–Trinajstić information content (AvgIpc) is 3.53. The molecule has 0 bridgehead atoms. The van der Waals surface area contributed by atoms with Gasteiger partial charge in [-0.25, -0.2) is 0 Å². The van der Waals surface area contributed by atoms with Gasteiger partial charge in [-0.3, -0.25) is 23.7 Å². The zero-order valence-electron chi connectivity index (χ0n) is 35.5. The number of fused-ring (bicyclic) bond motifs is 2. The van der Waals surface area contributed by atoms with Crippen molar-refractivity contribution >= 4 is 54.6 Å². The highest BCUT2D eigenvalue weighted by molar-refractivity contribution is 7.86. The van der Waals surface area contributed by atoms with Crippen molar-refractivity contribution < 1.29 is 40.1 Å². The van der Waals surface area contributed by atoms with Gasteiger partial charge < -0.3 is 10.2 Å². The van der Waals surface area contributed by atoms with Crippen LogP contribution in [0.15, 0.2) is 96.9 Å². The fourth-order valence-electron chi connectivity index (χ4n) is 8.03. The maximum Gasteiger partial charge on any atom is 0.265 e. The van der Waals surface area contributed by atoms with Crippen molar-refractivity contribution in [2.75, 3.05) is 36.0 Å². The Bertz CT molecular complexity index is 2410. The van der Waals surface area contributed by atoms with Gasteiger partial charge in [-0.2, -0.15) is 21.4 Å². The van der Waals surface area contributed by atoms with Crippen molar-refractivity contribution in [1.29, 1.82) is 0 Å². The Hall–Kier alpha value is -4.76. The Morgan fingerprint density at radius 2 is 1.50 bits per heavy atom. The molecule has 0 saturated heterocycles. The maximum absolute atomic E-state index is 13.1. The number of aromatic nitrogens is 1. The van der Waals surface area contributed by atoms with Gasteiger partial charge in [0.15, 0.2) is 5.71 Å². The second-order valence-electron chi connectivity index (χ2n) is 16.9. The number of benzene rings is 2. The number of pyridine rings is 1. The van der Waals surface area contributed by atoms with E-state index in [9.17, 15) is 35.5 Å². The summed E-state index contributed by atoms with van der Waals surface area (Å²) in [5.74, 6) is -0.713. The Kier molecular flexibility index (Phi) is 14.9. The SMILES string of the molecule is CC(C)C(=O)CCCCCNC(=O)c1ccc(C(C=CC2=[N+](CCCS(=O)(=O)O)c3ccccc3C2(C)C)=CC=C2N(CCCS(=O)(=O)O)c3ccccc3C2(C)C)nc1. The van der Waals surface area contributed by atoms with E-state index >= 15 is 0 Å². The molecular weight excluding hydrogens is 801 g/mol. The van der Waals surface area contributed by atoms with Crippen LogP contribution in [0.5, 0.6) is 0 Å². The highest BCUT2D eigenvalue weighted by Gasteiger charge is 2.44. The number of para-hydroxylation sites is 2. The fourth-order valence-corrected chi connectivity index (χ4v) is 9.02. The Morgan fingerprint density at radius 1 is 0.833 bits per heavy atom. The second-order valence-corrected chi connectivity index (χ2v) is 20.0. The first-order valence-corrected chi connectivity index (χ1v) is 23.8. The molecular formula is C46H59N4O8S2+. The number of carbonyl (C=O) groups excluding carboxylic acids is 2. The Balaban J connectivity index is 1.51. The third-order valence-corrected chi connectivity index (χ3v) is 13.0. The van der Waals surface area contributed by atoms with Gasteiger partial charge in [0, 0.05) is 78.1 Å². The van der Waals surface area contributed by atoms with Gasteiger partial charge >= 0.3 is 0 Å². The lowest BCUT2D eigenvalue weighted by atomic mass is 9.81. The van der Waals surface area contributed by atoms with E-state index in [0.717, 1.165) is 53.2 Å². The van der Waals surface area contributed by atoms with Gasteiger partial charge in [0.2, 0.25) is 5.69 Å². The first-order valence-electron chi connectivity index (χ1n) is 20.6. The highest BCUT2D eigenvalue weighted by Crippen LogP contribution is 2.48. The minimum absolute atomic E-state index is 0.0280. The largest absolute Gasteiger partial charge is 0.352 e. The molecule has 14 heteroatoms. The van der Waals surface area contributed by atoms with E-state index in [1.165, 1.54) is 0 Å². The topological polar surface area (TPSA) is 174 Å². The van der Waals surface area contributed by atoms with Crippen LogP contribution in [0.1, 0.15) is 107 Å². The molecule has 322 valence electrons. The number of Topliss-reactive ketones (excluding diaryl/α,β-unsaturated/α-hetero) is 1. The predicted molar refractivity (Wildman–Crippen MR) is 238 cm³/mol. The maximum atomic E-state index is 13.1. The third-order valence-electron chi connectivity index (χ3n) is 11.4. The van der Waals surface area contributed by atoms with Crippen molar-refractivity contribution in [2.24, 2.45) is 5.92 Å². The smallest absolute Gasteiger partial charge is 0.265 e. The van der Waals surface area contributed by atoms with E-state index in [4.69, 9.17) is 4.98 Å². The molecule has 3 heterocycles. The van der Waals surface area contributed by atoms with Crippen molar-refractivity contribution in [2.45, 2.75) is 90.9 Å². The van der Waals surface area contributed by atoms with Gasteiger partial charge in [0.1, 0.15) is 12.3 Å². The molecule has 0 atom stereocenters. The molecule has 3 aromatic rings. The quantitative estimate of drug-likeness (QED) is 0.0440. The summed E-state index contributed by atoms with van der Waals surface area (Å²) in [7, 11) is -8.30. The van der Waals surface area contributed by atoms with Crippen molar-refractivity contribution in [1.82, 2.24) is 10.3 Å². The third kappa shape index (κ3) is 11.5. The summed E-state index contributed by atoms with van der Waals surface area (Å²) >= 11 is 0. The van der Waals surface area contributed by atoms with Crippen molar-refractivity contribution in [3.8, 4) is 0 Å². The van der Waals surface area contributed by atoms with E-state index in [0.29, 0.717) is 42.9 Å². The van der Waals surface area contributed by atoms with Crippen LogP contribution in [0.25, 0.3) is 5.57 Å². The van der Waals surface area contributed by atoms with Crippen LogP contribution in [-0.4, -0.2) is 84.0 Å². The number of allylic oxidation sites excluding steroid dienone is 6. The molecule has 1 aromatic heterocycles. The lowest BCUT2D eigenvalue weighted by Crippen LogP contribution is -2.28. The van der Waals surface area contributed by atoms with Gasteiger partial charge in [-0.05, 0) is 69.0 Å². The van der Waals surface area contributed by atoms with Gasteiger partial charge in [0.25, 0.3) is 26.1 Å². The number of hydrogen-bond donors (Lipinski definition) is 3. The summed E-state index contributed by atoms with van der Waals surface area (Å²) < 4.78 is 67.8. The molecule has 0 radical (unpaired) electrons. The monoisotopic (exact) mass is 859 g/mol. The number of anilines is 1. The molecule has 0 unspecified atom stereocenters. The molecule has 0 fully saturated rings. The van der Waals surface area contributed by atoms with Gasteiger partial charge in [-0.1, -0.05) is 76.6 Å². The Morgan fingerprint density at radius 3 is 2.17 bits per heavy atom. The normalized spacial score (nSPS) is 16.9. The predicted octanol–water partition coefficient (Wildman–Crippen LogP) is 7.85. The van der Waals surface area contributed by atoms with Crippen molar-refractivity contribution in [3.63, 3.8) is 0 Å². The van der Waals surface area contributed by atoms with Crippen LogP contribution in [0, 0.1) is 5.92 Å². The van der Waals surface area contributed by atoms with Gasteiger partial charge in [-0.15, -0.1) is 0 Å². The lowest BCUT2D eigenvalue weighted by molar-refractivity contribution is -0.437. The van der Waals surface area contributed by atoms with E-state index in [2.05, 4.69) is 54.6 Å². The van der Waals surface area contributed by atoms with Crippen LogP contribution in [0.3, 0.4) is 0 Å². The van der Waals surface area contributed by atoms with E-state index in [-0.39, 0.29) is 42.0 Å². The number of nitrogens with zero attached hydrogens (tertiary/aromatic N) is 3. The standard InChI is InChI=1S/C46H58N4O8S2/c1-33(2)41(51)20-8-7-13-27-47-44(52)35-21-24-38(48-32-35)34(22-25-42-45(3,4)36-16-9-11-18-39(36)49(42)28-14-30-59(53,54)55)23-26-43-46(5,6)37-17-10-12-19-40(37)50(43)29-15-31-60(56,57)58/h9-12,16-19,21-26,32-33H,7-8,13-15,20,27-31H2,1-6H3,(H2-,47,52,53,54,55,56,57,58)/p+1. The van der Waals surface area contributed by atoms with Crippen LogP contribution in [0.4, 0.5) is 11.4 Å². The zero-order valence-corrected chi connectivity index (χ0v) is 37.2.